The molecule has 0 spiro atoms. The van der Waals surface area contributed by atoms with Crippen LogP contribution in [0.1, 0.15) is 11.6 Å². The van der Waals surface area contributed by atoms with E-state index in [2.05, 4.69) is 0 Å². The normalized spacial score (nSPS) is 12.2. The monoisotopic (exact) mass is 327 g/mol. The number of hydrogen-bond donors (Lipinski definition) is 1. The third-order valence-corrected chi connectivity index (χ3v) is 4.71. The first-order chi connectivity index (χ1) is 9.60. The number of methoxy groups -OCH3 is 1. The van der Waals surface area contributed by atoms with Gasteiger partial charge in [0, 0.05) is 21.7 Å². The van der Waals surface area contributed by atoms with Crippen LogP contribution in [0.25, 0.3) is 0 Å². The highest BCUT2D eigenvalue weighted by molar-refractivity contribution is 7.99. The highest BCUT2D eigenvalue weighted by Crippen LogP contribution is 2.32. The molecule has 2 nitrogen and oxygen atoms in total. The number of ether oxygens (including phenoxy) is 1. The predicted molar refractivity (Wildman–Crippen MR) is 87.1 cm³/mol. The molecule has 20 heavy (non-hydrogen) atoms. The fourth-order valence-electron chi connectivity index (χ4n) is 1.71. The van der Waals surface area contributed by atoms with E-state index in [1.54, 1.807) is 31.0 Å². The van der Waals surface area contributed by atoms with Gasteiger partial charge in [0.05, 0.1) is 12.1 Å². The second kappa shape index (κ2) is 7.23. The van der Waals surface area contributed by atoms with Crippen LogP contribution in [0, 0.1) is 0 Å². The number of hydrogen-bond acceptors (Lipinski definition) is 3. The Labute approximate surface area is 133 Å². The Bertz CT molecular complexity index is 575. The van der Waals surface area contributed by atoms with E-state index in [9.17, 15) is 0 Å². The number of benzene rings is 2. The average molecular weight is 328 g/mol. The van der Waals surface area contributed by atoms with Crippen molar-refractivity contribution in [3.63, 3.8) is 0 Å². The van der Waals surface area contributed by atoms with Crippen LogP contribution in [0.4, 0.5) is 0 Å². The molecule has 0 heterocycles. The predicted octanol–water partition coefficient (Wildman–Crippen LogP) is 4.79. The lowest BCUT2D eigenvalue weighted by Gasteiger charge is -2.13. The van der Waals surface area contributed by atoms with Gasteiger partial charge in [-0.2, -0.15) is 0 Å². The molecule has 5 heteroatoms. The van der Waals surface area contributed by atoms with E-state index in [1.165, 1.54) is 0 Å². The molecule has 0 saturated heterocycles. The molecule has 2 aromatic carbocycles. The van der Waals surface area contributed by atoms with Gasteiger partial charge in [0.15, 0.2) is 0 Å². The molecule has 0 aliphatic rings. The van der Waals surface area contributed by atoms with Crippen molar-refractivity contribution in [1.29, 1.82) is 0 Å². The Morgan fingerprint density at radius 1 is 1.15 bits per heavy atom. The van der Waals surface area contributed by atoms with Crippen LogP contribution in [-0.4, -0.2) is 12.9 Å². The van der Waals surface area contributed by atoms with Crippen LogP contribution in [0.3, 0.4) is 0 Å². The van der Waals surface area contributed by atoms with Crippen molar-refractivity contribution in [2.75, 3.05) is 12.9 Å². The van der Waals surface area contributed by atoms with E-state index in [1.807, 2.05) is 30.3 Å². The molecule has 1 unspecified atom stereocenters. The van der Waals surface area contributed by atoms with Crippen LogP contribution < -0.4 is 10.5 Å². The number of rotatable bonds is 5. The Morgan fingerprint density at radius 2 is 1.85 bits per heavy atom. The molecule has 0 aromatic heterocycles. The lowest BCUT2D eigenvalue weighted by molar-refractivity contribution is 0.414. The van der Waals surface area contributed by atoms with E-state index in [-0.39, 0.29) is 6.04 Å². The van der Waals surface area contributed by atoms with E-state index >= 15 is 0 Å². The van der Waals surface area contributed by atoms with Crippen molar-refractivity contribution in [2.45, 2.75) is 10.9 Å². The third-order valence-electron chi connectivity index (χ3n) is 2.86. The fraction of sp³-hybridized carbons (Fsp3) is 0.200. The zero-order chi connectivity index (χ0) is 14.5. The molecular formula is C15H15Cl2NOS. The summed E-state index contributed by atoms with van der Waals surface area (Å²) in [6, 6.07) is 13.1. The molecule has 0 aliphatic carbocycles. The second-order valence-electron chi connectivity index (χ2n) is 4.27. The van der Waals surface area contributed by atoms with Crippen LogP contribution >= 0.6 is 35.0 Å². The Balaban J connectivity index is 2.00. The van der Waals surface area contributed by atoms with Crippen LogP contribution in [0.15, 0.2) is 47.4 Å². The van der Waals surface area contributed by atoms with Gasteiger partial charge in [-0.15, -0.1) is 11.8 Å². The first-order valence-corrected chi connectivity index (χ1v) is 7.81. The van der Waals surface area contributed by atoms with Gasteiger partial charge in [-0.3, -0.25) is 0 Å². The van der Waals surface area contributed by atoms with E-state index in [0.29, 0.717) is 10.0 Å². The maximum absolute atomic E-state index is 6.18. The standard InChI is InChI=1S/C15H15Cl2NOS/c1-19-12-5-2-10(3-6-12)14(18)9-20-15-8-11(16)4-7-13(15)17/h2-8,14H,9,18H2,1H3. The summed E-state index contributed by atoms with van der Waals surface area (Å²) in [7, 11) is 1.64. The smallest absolute Gasteiger partial charge is 0.118 e. The van der Waals surface area contributed by atoms with Gasteiger partial charge in [0.2, 0.25) is 0 Å². The van der Waals surface area contributed by atoms with Gasteiger partial charge in [-0.25, -0.2) is 0 Å². The summed E-state index contributed by atoms with van der Waals surface area (Å²) in [5.41, 5.74) is 7.25. The zero-order valence-corrected chi connectivity index (χ0v) is 13.3. The first kappa shape index (κ1) is 15.5. The van der Waals surface area contributed by atoms with Gasteiger partial charge in [0.1, 0.15) is 5.75 Å². The Hall–Kier alpha value is -0.870. The van der Waals surface area contributed by atoms with Crippen molar-refractivity contribution >= 4 is 35.0 Å². The SMILES string of the molecule is COc1ccc(C(N)CSc2cc(Cl)ccc2Cl)cc1. The molecule has 1 atom stereocenters. The Kier molecular flexibility index (Phi) is 5.61. The summed E-state index contributed by atoms with van der Waals surface area (Å²) in [5, 5.41) is 1.37. The van der Waals surface area contributed by atoms with Gasteiger partial charge < -0.3 is 10.5 Å². The summed E-state index contributed by atoms with van der Waals surface area (Å²) in [6.45, 7) is 0. The third kappa shape index (κ3) is 4.06. The van der Waals surface area contributed by atoms with Crippen molar-refractivity contribution in [2.24, 2.45) is 5.73 Å². The lowest BCUT2D eigenvalue weighted by Crippen LogP contribution is -2.12. The number of nitrogens with two attached hydrogens (primary N) is 1. The molecule has 2 aromatic rings. The van der Waals surface area contributed by atoms with Crippen molar-refractivity contribution in [1.82, 2.24) is 0 Å². The van der Waals surface area contributed by atoms with Crippen LogP contribution in [0.2, 0.25) is 10.0 Å². The minimum Gasteiger partial charge on any atom is -0.497 e. The van der Waals surface area contributed by atoms with Crippen molar-refractivity contribution < 1.29 is 4.74 Å². The van der Waals surface area contributed by atoms with E-state index in [0.717, 1.165) is 22.0 Å². The second-order valence-corrected chi connectivity index (χ2v) is 6.17. The molecule has 0 bridgehead atoms. The highest BCUT2D eigenvalue weighted by Gasteiger charge is 2.09. The molecule has 0 fully saturated rings. The maximum Gasteiger partial charge on any atom is 0.118 e. The minimum absolute atomic E-state index is 0.0686. The van der Waals surface area contributed by atoms with Gasteiger partial charge in [-0.1, -0.05) is 35.3 Å². The fourth-order valence-corrected chi connectivity index (χ4v) is 3.20. The molecule has 2 N–H and O–H groups in total. The lowest BCUT2D eigenvalue weighted by atomic mass is 10.1. The van der Waals surface area contributed by atoms with E-state index in [4.69, 9.17) is 33.7 Å². The summed E-state index contributed by atoms with van der Waals surface area (Å²) >= 11 is 13.7. The molecule has 0 radical (unpaired) electrons. The minimum atomic E-state index is -0.0686. The summed E-state index contributed by atoms with van der Waals surface area (Å²) in [5.74, 6) is 1.55. The molecule has 106 valence electrons. The molecule has 0 saturated carbocycles. The summed E-state index contributed by atoms with van der Waals surface area (Å²) < 4.78 is 5.13. The maximum atomic E-state index is 6.18. The molecular weight excluding hydrogens is 313 g/mol. The summed E-state index contributed by atoms with van der Waals surface area (Å²) in [6.07, 6.45) is 0. The zero-order valence-electron chi connectivity index (χ0n) is 11.0. The average Bonchev–Trinajstić information content (AvgIpc) is 2.48. The molecule has 0 aliphatic heterocycles. The van der Waals surface area contributed by atoms with Gasteiger partial charge >= 0.3 is 0 Å². The number of halogens is 2. The van der Waals surface area contributed by atoms with Crippen LogP contribution in [-0.2, 0) is 0 Å². The van der Waals surface area contributed by atoms with Gasteiger partial charge in [-0.05, 0) is 35.9 Å². The quantitative estimate of drug-likeness (QED) is 0.801. The first-order valence-electron chi connectivity index (χ1n) is 6.07. The number of thioether (sulfide) groups is 1. The highest BCUT2D eigenvalue weighted by atomic mass is 35.5. The largest absolute Gasteiger partial charge is 0.497 e. The molecule has 0 amide bonds. The Morgan fingerprint density at radius 3 is 2.50 bits per heavy atom. The van der Waals surface area contributed by atoms with E-state index < -0.39 is 0 Å². The van der Waals surface area contributed by atoms with Crippen molar-refractivity contribution in [3.05, 3.63) is 58.1 Å². The summed E-state index contributed by atoms with van der Waals surface area (Å²) in [4.78, 5) is 0.947. The topological polar surface area (TPSA) is 35.2 Å². The van der Waals surface area contributed by atoms with Gasteiger partial charge in [0.25, 0.3) is 0 Å². The van der Waals surface area contributed by atoms with Crippen LogP contribution in [0.5, 0.6) is 5.75 Å². The van der Waals surface area contributed by atoms with Crippen molar-refractivity contribution in [3.8, 4) is 5.75 Å². The molecule has 2 rings (SSSR count).